The van der Waals surface area contributed by atoms with Gasteiger partial charge in [0.2, 0.25) is 0 Å². The third-order valence-electron chi connectivity index (χ3n) is 3.32. The van der Waals surface area contributed by atoms with Crippen molar-refractivity contribution < 1.29 is 5.21 Å². The molecule has 1 heterocycles. The van der Waals surface area contributed by atoms with Gasteiger partial charge in [-0.15, -0.1) is 11.3 Å². The molecule has 1 aromatic carbocycles. The van der Waals surface area contributed by atoms with Crippen molar-refractivity contribution in [1.82, 2.24) is 5.32 Å². The van der Waals surface area contributed by atoms with Gasteiger partial charge in [0.1, 0.15) is 5.84 Å². The lowest BCUT2D eigenvalue weighted by Gasteiger charge is -2.19. The highest BCUT2D eigenvalue weighted by atomic mass is 35.5. The second-order valence-corrected chi connectivity index (χ2v) is 6.51. The lowest BCUT2D eigenvalue weighted by Crippen LogP contribution is -2.32. The maximum atomic E-state index is 8.97. The summed E-state index contributed by atoms with van der Waals surface area (Å²) in [7, 11) is 0. The van der Waals surface area contributed by atoms with Crippen molar-refractivity contribution in [3.8, 4) is 0 Å². The van der Waals surface area contributed by atoms with Crippen LogP contribution in [0.1, 0.15) is 29.3 Å². The second kappa shape index (κ2) is 7.45. The van der Waals surface area contributed by atoms with E-state index in [0.717, 1.165) is 14.8 Å². The van der Waals surface area contributed by atoms with Crippen LogP contribution >= 0.6 is 22.9 Å². The van der Waals surface area contributed by atoms with Crippen molar-refractivity contribution in [2.45, 2.75) is 18.9 Å². The molecule has 0 saturated heterocycles. The highest BCUT2D eigenvalue weighted by molar-refractivity contribution is 7.16. The third kappa shape index (κ3) is 4.20. The minimum atomic E-state index is -0.172. The van der Waals surface area contributed by atoms with Crippen LogP contribution in [0.4, 0.5) is 0 Å². The zero-order valence-electron chi connectivity index (χ0n) is 11.7. The average Bonchev–Trinajstić information content (AvgIpc) is 2.94. The number of nitrogens with two attached hydrogens (primary N) is 1. The normalized spacial score (nSPS) is 14.9. The van der Waals surface area contributed by atoms with Crippen LogP contribution in [0.2, 0.25) is 4.34 Å². The second-order valence-electron chi connectivity index (χ2n) is 4.76. The largest absolute Gasteiger partial charge is 0.409 e. The molecule has 6 heteroatoms. The van der Waals surface area contributed by atoms with Crippen LogP contribution in [-0.4, -0.2) is 17.6 Å². The van der Waals surface area contributed by atoms with Gasteiger partial charge in [-0.05, 0) is 24.6 Å². The molecular formula is C15H18ClN3OS. The predicted molar refractivity (Wildman–Crippen MR) is 88.3 cm³/mol. The van der Waals surface area contributed by atoms with Gasteiger partial charge in [0.05, 0.1) is 10.3 Å². The molecular weight excluding hydrogens is 306 g/mol. The molecule has 0 spiro atoms. The molecule has 2 atom stereocenters. The Labute approximate surface area is 133 Å². The number of hydrogen-bond acceptors (Lipinski definition) is 4. The molecule has 4 N–H and O–H groups in total. The van der Waals surface area contributed by atoms with Crippen molar-refractivity contribution >= 4 is 28.8 Å². The molecule has 4 nitrogen and oxygen atoms in total. The summed E-state index contributed by atoms with van der Waals surface area (Å²) in [6.07, 6.45) is 0. The van der Waals surface area contributed by atoms with Crippen LogP contribution in [0.25, 0.3) is 0 Å². The van der Waals surface area contributed by atoms with Gasteiger partial charge in [-0.25, -0.2) is 0 Å². The standard InChI is InChI=1S/C15H18ClN3OS/c1-10(13-7-8-14(16)21-13)18-9-12(15(17)19-20)11-5-3-2-4-6-11/h2-8,10,12,18,20H,9H2,1H3,(H2,17,19). The first-order chi connectivity index (χ1) is 10.1. The first-order valence-corrected chi connectivity index (χ1v) is 7.82. The summed E-state index contributed by atoms with van der Waals surface area (Å²) in [6, 6.07) is 13.8. The van der Waals surface area contributed by atoms with Crippen molar-refractivity contribution in [1.29, 1.82) is 0 Å². The maximum Gasteiger partial charge on any atom is 0.147 e. The molecule has 0 fully saturated rings. The van der Waals surface area contributed by atoms with E-state index >= 15 is 0 Å². The lowest BCUT2D eigenvalue weighted by atomic mass is 9.97. The van der Waals surface area contributed by atoms with E-state index in [1.165, 1.54) is 0 Å². The zero-order valence-corrected chi connectivity index (χ0v) is 13.2. The minimum absolute atomic E-state index is 0.153. The first-order valence-electron chi connectivity index (χ1n) is 6.62. The minimum Gasteiger partial charge on any atom is -0.409 e. The van der Waals surface area contributed by atoms with Crippen LogP contribution in [0.15, 0.2) is 47.6 Å². The quantitative estimate of drug-likeness (QED) is 0.329. The summed E-state index contributed by atoms with van der Waals surface area (Å²) in [6.45, 7) is 2.65. The predicted octanol–water partition coefficient (Wildman–Crippen LogP) is 3.58. The molecule has 2 rings (SSSR count). The van der Waals surface area contributed by atoms with E-state index < -0.39 is 0 Å². The smallest absolute Gasteiger partial charge is 0.147 e. The fourth-order valence-corrected chi connectivity index (χ4v) is 3.19. The first kappa shape index (κ1) is 15.8. The highest BCUT2D eigenvalue weighted by Crippen LogP contribution is 2.27. The molecule has 0 aliphatic carbocycles. The van der Waals surface area contributed by atoms with Crippen LogP contribution in [0.3, 0.4) is 0 Å². The van der Waals surface area contributed by atoms with Gasteiger partial charge in [0.25, 0.3) is 0 Å². The maximum absolute atomic E-state index is 8.97. The number of hydrogen-bond donors (Lipinski definition) is 3. The number of nitrogens with zero attached hydrogens (tertiary/aromatic N) is 1. The molecule has 0 bridgehead atoms. The van der Waals surface area contributed by atoms with E-state index in [-0.39, 0.29) is 17.8 Å². The summed E-state index contributed by atoms with van der Waals surface area (Å²) < 4.78 is 0.773. The van der Waals surface area contributed by atoms with Crippen molar-refractivity contribution in [3.05, 3.63) is 57.2 Å². The molecule has 0 saturated carbocycles. The molecule has 0 amide bonds. The average molecular weight is 324 g/mol. The van der Waals surface area contributed by atoms with E-state index in [1.54, 1.807) is 11.3 Å². The molecule has 0 radical (unpaired) electrons. The molecule has 0 aliphatic heterocycles. The lowest BCUT2D eigenvalue weighted by molar-refractivity contribution is 0.315. The van der Waals surface area contributed by atoms with Crippen molar-refractivity contribution in [2.24, 2.45) is 10.9 Å². The van der Waals surface area contributed by atoms with Crippen molar-refractivity contribution in [2.75, 3.05) is 6.54 Å². The number of amidine groups is 1. The monoisotopic (exact) mass is 323 g/mol. The van der Waals surface area contributed by atoms with Gasteiger partial charge in [-0.3, -0.25) is 0 Å². The Bertz CT molecular complexity index is 600. The van der Waals surface area contributed by atoms with Crippen LogP contribution in [0, 0.1) is 0 Å². The van der Waals surface area contributed by atoms with Gasteiger partial charge < -0.3 is 16.3 Å². The Morgan fingerprint density at radius 3 is 2.62 bits per heavy atom. The number of benzene rings is 1. The van der Waals surface area contributed by atoms with Gasteiger partial charge in [0, 0.05) is 17.5 Å². The number of rotatable bonds is 6. The number of oxime groups is 1. The van der Waals surface area contributed by atoms with Crippen molar-refractivity contribution in [3.63, 3.8) is 0 Å². The topological polar surface area (TPSA) is 70.6 Å². The van der Waals surface area contributed by atoms with E-state index in [0.29, 0.717) is 6.54 Å². The summed E-state index contributed by atoms with van der Waals surface area (Å²) >= 11 is 7.50. The summed E-state index contributed by atoms with van der Waals surface area (Å²) in [5.74, 6) is 0.0270. The molecule has 1 aromatic heterocycles. The van der Waals surface area contributed by atoms with E-state index in [1.807, 2.05) is 42.5 Å². The van der Waals surface area contributed by atoms with Crippen LogP contribution < -0.4 is 11.1 Å². The Morgan fingerprint density at radius 1 is 1.33 bits per heavy atom. The SMILES string of the molecule is CC(NCC(C(N)=NO)c1ccccc1)c1ccc(Cl)s1. The Balaban J connectivity index is 2.06. The third-order valence-corrected chi connectivity index (χ3v) is 4.74. The summed E-state index contributed by atoms with van der Waals surface area (Å²) in [5.41, 5.74) is 6.83. The number of halogens is 1. The van der Waals surface area contributed by atoms with Gasteiger partial charge in [-0.1, -0.05) is 47.1 Å². The Morgan fingerprint density at radius 2 is 2.05 bits per heavy atom. The van der Waals surface area contributed by atoms with E-state index in [9.17, 15) is 0 Å². The molecule has 0 aliphatic rings. The molecule has 2 unspecified atom stereocenters. The fraction of sp³-hybridized carbons (Fsp3) is 0.267. The van der Waals surface area contributed by atoms with Gasteiger partial charge in [-0.2, -0.15) is 0 Å². The highest BCUT2D eigenvalue weighted by Gasteiger charge is 2.18. The van der Waals surface area contributed by atoms with E-state index in [4.69, 9.17) is 22.5 Å². The zero-order chi connectivity index (χ0) is 15.2. The van der Waals surface area contributed by atoms with Crippen LogP contribution in [0.5, 0.6) is 0 Å². The molecule has 21 heavy (non-hydrogen) atoms. The van der Waals surface area contributed by atoms with E-state index in [2.05, 4.69) is 17.4 Å². The Kier molecular flexibility index (Phi) is 5.61. The summed E-state index contributed by atoms with van der Waals surface area (Å²) in [5, 5.41) is 15.5. The van der Waals surface area contributed by atoms with Gasteiger partial charge in [0.15, 0.2) is 0 Å². The molecule has 2 aromatic rings. The number of nitrogens with one attached hydrogen (secondary N) is 1. The van der Waals surface area contributed by atoms with Gasteiger partial charge >= 0.3 is 0 Å². The Hall–Kier alpha value is -1.56. The molecule has 112 valence electrons. The number of thiophene rings is 1. The fourth-order valence-electron chi connectivity index (χ4n) is 2.10. The van der Waals surface area contributed by atoms with Crippen LogP contribution in [-0.2, 0) is 0 Å². The summed E-state index contributed by atoms with van der Waals surface area (Å²) in [4.78, 5) is 1.16.